The van der Waals surface area contributed by atoms with Crippen LogP contribution in [0.1, 0.15) is 63.6 Å². The molecule has 3 aromatic rings. The Morgan fingerprint density at radius 2 is 1.93 bits per heavy atom. The highest BCUT2D eigenvalue weighted by atomic mass is 35.5. The van der Waals surface area contributed by atoms with Crippen molar-refractivity contribution < 1.29 is 4.74 Å². The highest BCUT2D eigenvalue weighted by molar-refractivity contribution is 6.35. The Bertz CT molecular complexity index is 1500. The molecule has 3 aliphatic heterocycles. The van der Waals surface area contributed by atoms with Crippen molar-refractivity contribution in [1.82, 2.24) is 25.9 Å². The zero-order valence-corrected chi connectivity index (χ0v) is 25.9. The van der Waals surface area contributed by atoms with Gasteiger partial charge in [-0.3, -0.25) is 14.9 Å². The van der Waals surface area contributed by atoms with Crippen molar-refractivity contribution in [1.29, 1.82) is 5.26 Å². The van der Waals surface area contributed by atoms with E-state index in [2.05, 4.69) is 93.8 Å². The molecule has 10 heteroatoms. The lowest BCUT2D eigenvalue weighted by Crippen LogP contribution is -2.52. The number of benzene rings is 2. The van der Waals surface area contributed by atoms with Gasteiger partial charge in [0.1, 0.15) is 6.07 Å². The van der Waals surface area contributed by atoms with Gasteiger partial charge in [-0.2, -0.15) is 5.26 Å². The number of hydrogen-bond acceptors (Lipinski definition) is 9. The van der Waals surface area contributed by atoms with Crippen LogP contribution in [0.15, 0.2) is 60.6 Å². The van der Waals surface area contributed by atoms with E-state index in [1.54, 1.807) is 6.20 Å². The fourth-order valence-electron chi connectivity index (χ4n) is 6.30. The van der Waals surface area contributed by atoms with E-state index >= 15 is 0 Å². The van der Waals surface area contributed by atoms with E-state index in [0.29, 0.717) is 28.8 Å². The van der Waals surface area contributed by atoms with E-state index in [1.165, 1.54) is 0 Å². The van der Waals surface area contributed by atoms with Gasteiger partial charge in [-0.05, 0) is 64.2 Å². The number of nitriles is 1. The van der Waals surface area contributed by atoms with Crippen LogP contribution in [0, 0.1) is 11.3 Å². The van der Waals surface area contributed by atoms with Crippen LogP contribution in [0.25, 0.3) is 10.9 Å². The lowest BCUT2D eigenvalue weighted by atomic mass is 9.98. The van der Waals surface area contributed by atoms with Crippen molar-refractivity contribution in [2.75, 3.05) is 36.9 Å². The molecule has 6 rings (SSSR count). The number of hydrogen-bond donors (Lipinski definition) is 4. The SMILES string of the molecule is CC(C)(C)N1CCC(N2C=C([C@@H](Nc3cc(Cl)c4ncc(C#N)c(NC5CCCOC5)c4c3)c3ccccc3)NN2)CC1. The number of likely N-dealkylation sites (tertiary alicyclic amines) is 1. The normalized spacial score (nSPS) is 20.8. The van der Waals surface area contributed by atoms with Crippen LogP contribution in [0.3, 0.4) is 0 Å². The second-order valence-electron chi connectivity index (χ2n) is 12.7. The third-order valence-electron chi connectivity index (χ3n) is 8.72. The second kappa shape index (κ2) is 12.6. The van der Waals surface area contributed by atoms with Crippen molar-refractivity contribution in [3.63, 3.8) is 0 Å². The summed E-state index contributed by atoms with van der Waals surface area (Å²) in [6.07, 6.45) is 7.94. The zero-order valence-electron chi connectivity index (χ0n) is 25.2. The number of rotatable bonds is 7. The maximum absolute atomic E-state index is 9.93. The molecule has 43 heavy (non-hydrogen) atoms. The molecule has 3 aliphatic rings. The molecule has 1 aromatic heterocycles. The minimum Gasteiger partial charge on any atom is -0.379 e. The van der Waals surface area contributed by atoms with E-state index in [4.69, 9.17) is 16.3 Å². The number of hydrazine groups is 2. The molecule has 4 heterocycles. The summed E-state index contributed by atoms with van der Waals surface area (Å²) in [7, 11) is 0. The number of halogens is 1. The molecule has 0 aliphatic carbocycles. The maximum atomic E-state index is 9.93. The third-order valence-corrected chi connectivity index (χ3v) is 9.01. The molecule has 0 saturated carbocycles. The van der Waals surface area contributed by atoms with Gasteiger partial charge in [-0.25, -0.2) is 0 Å². The summed E-state index contributed by atoms with van der Waals surface area (Å²) >= 11 is 6.84. The summed E-state index contributed by atoms with van der Waals surface area (Å²) in [6, 6.07) is 17.0. The van der Waals surface area contributed by atoms with Gasteiger partial charge in [0.2, 0.25) is 0 Å². The molecular formula is C33H41ClN8O. The van der Waals surface area contributed by atoms with Gasteiger partial charge in [0.15, 0.2) is 0 Å². The van der Waals surface area contributed by atoms with Crippen LogP contribution < -0.4 is 21.6 Å². The van der Waals surface area contributed by atoms with Crippen LogP contribution in [-0.2, 0) is 4.74 Å². The Morgan fingerprint density at radius 1 is 1.14 bits per heavy atom. The first kappa shape index (κ1) is 29.5. The number of pyridine rings is 1. The fraction of sp³-hybridized carbons (Fsp3) is 0.455. The number of ether oxygens (including phenoxy) is 1. The van der Waals surface area contributed by atoms with Gasteiger partial charge < -0.3 is 20.8 Å². The molecule has 2 aromatic carbocycles. The summed E-state index contributed by atoms with van der Waals surface area (Å²) < 4.78 is 5.69. The molecule has 226 valence electrons. The van der Waals surface area contributed by atoms with E-state index in [0.717, 1.165) is 73.4 Å². The summed E-state index contributed by atoms with van der Waals surface area (Å²) in [5.41, 5.74) is 11.9. The Balaban J connectivity index is 1.30. The monoisotopic (exact) mass is 600 g/mol. The van der Waals surface area contributed by atoms with Gasteiger partial charge in [-0.1, -0.05) is 41.9 Å². The van der Waals surface area contributed by atoms with Gasteiger partial charge in [0.05, 0.1) is 40.1 Å². The molecule has 4 N–H and O–H groups in total. The fourth-order valence-corrected chi connectivity index (χ4v) is 6.56. The Morgan fingerprint density at radius 3 is 2.63 bits per heavy atom. The largest absolute Gasteiger partial charge is 0.379 e. The number of fused-ring (bicyclic) bond motifs is 1. The first-order valence-corrected chi connectivity index (χ1v) is 15.6. The highest BCUT2D eigenvalue weighted by Crippen LogP contribution is 2.36. The predicted molar refractivity (Wildman–Crippen MR) is 172 cm³/mol. The minimum absolute atomic E-state index is 0.124. The summed E-state index contributed by atoms with van der Waals surface area (Å²) in [5, 5.41) is 20.8. The first-order chi connectivity index (χ1) is 20.8. The first-order valence-electron chi connectivity index (χ1n) is 15.2. The maximum Gasteiger partial charge on any atom is 0.103 e. The summed E-state index contributed by atoms with van der Waals surface area (Å²) in [4.78, 5) is 7.11. The molecule has 2 atom stereocenters. The molecule has 1 unspecified atom stereocenters. The quantitative estimate of drug-likeness (QED) is 0.263. The van der Waals surface area contributed by atoms with Crippen molar-refractivity contribution in [2.24, 2.45) is 0 Å². The Hall–Kier alpha value is -3.55. The van der Waals surface area contributed by atoms with Crippen molar-refractivity contribution >= 4 is 33.9 Å². The molecule has 9 nitrogen and oxygen atoms in total. The number of nitrogens with one attached hydrogen (secondary N) is 4. The summed E-state index contributed by atoms with van der Waals surface area (Å²) in [5.74, 6) is 0. The molecular weight excluding hydrogens is 560 g/mol. The lowest BCUT2D eigenvalue weighted by Gasteiger charge is -2.42. The average molecular weight is 601 g/mol. The van der Waals surface area contributed by atoms with Gasteiger partial charge in [0.25, 0.3) is 0 Å². The molecule has 0 bridgehead atoms. The van der Waals surface area contributed by atoms with Crippen LogP contribution in [0.2, 0.25) is 5.02 Å². The number of piperidine rings is 1. The van der Waals surface area contributed by atoms with E-state index in [1.807, 2.05) is 18.2 Å². The standard InChI is InChI=1S/C33H41ClN8O/c1-33(2,3)41-13-11-26(12-14-41)42-20-29(39-40-42)31(22-8-5-4-6-9-22)38-25-16-27-30(37-24-10-7-15-43-21-24)23(18-35)19-36-32(27)28(34)17-25/h4-6,8-9,16-17,19-20,24,26,31,38-40H,7,10-15,21H2,1-3H3,(H,36,37)/t24?,31-/m0/s1. The topological polar surface area (TPSA) is 101 Å². The van der Waals surface area contributed by atoms with Gasteiger partial charge >= 0.3 is 0 Å². The predicted octanol–water partition coefficient (Wildman–Crippen LogP) is 5.93. The van der Waals surface area contributed by atoms with Crippen LogP contribution >= 0.6 is 11.6 Å². The van der Waals surface area contributed by atoms with E-state index in [9.17, 15) is 5.26 Å². The molecule has 2 saturated heterocycles. The number of aromatic nitrogens is 1. The number of anilines is 2. The molecule has 0 spiro atoms. The van der Waals surface area contributed by atoms with Gasteiger partial charge in [0, 0.05) is 60.8 Å². The van der Waals surface area contributed by atoms with Crippen molar-refractivity contribution in [3.8, 4) is 6.07 Å². The molecule has 0 amide bonds. The van der Waals surface area contributed by atoms with Crippen molar-refractivity contribution in [3.05, 3.63) is 76.7 Å². The van der Waals surface area contributed by atoms with Gasteiger partial charge in [-0.15, -0.1) is 5.53 Å². The smallest absolute Gasteiger partial charge is 0.103 e. The third kappa shape index (κ3) is 6.53. The van der Waals surface area contributed by atoms with Crippen molar-refractivity contribution in [2.45, 2.75) is 70.1 Å². The average Bonchev–Trinajstić information content (AvgIpc) is 3.51. The van der Waals surface area contributed by atoms with E-state index < -0.39 is 0 Å². The highest BCUT2D eigenvalue weighted by Gasteiger charge is 2.32. The summed E-state index contributed by atoms with van der Waals surface area (Å²) in [6.45, 7) is 10.4. The molecule has 0 radical (unpaired) electrons. The lowest BCUT2D eigenvalue weighted by molar-refractivity contribution is 0.0570. The van der Waals surface area contributed by atoms with E-state index in [-0.39, 0.29) is 17.6 Å². The van der Waals surface area contributed by atoms with Crippen LogP contribution in [0.5, 0.6) is 0 Å². The number of nitrogens with zero attached hydrogens (tertiary/aromatic N) is 4. The zero-order chi connectivity index (χ0) is 30.0. The Labute approximate surface area is 259 Å². The minimum atomic E-state index is -0.169. The Kier molecular flexibility index (Phi) is 8.64. The van der Waals surface area contributed by atoms with Crippen LogP contribution in [-0.4, -0.2) is 58.8 Å². The van der Waals surface area contributed by atoms with Crippen LogP contribution in [0.4, 0.5) is 11.4 Å². The molecule has 2 fully saturated rings. The second-order valence-corrected chi connectivity index (χ2v) is 13.1.